The van der Waals surface area contributed by atoms with Crippen molar-refractivity contribution in [3.05, 3.63) is 63.2 Å². The molecule has 0 aromatic heterocycles. The van der Waals surface area contributed by atoms with Gasteiger partial charge in [0.1, 0.15) is 5.56 Å². The van der Waals surface area contributed by atoms with Gasteiger partial charge < -0.3 is 5.11 Å². The largest absolute Gasteiger partial charge is 0.477 e. The van der Waals surface area contributed by atoms with Crippen molar-refractivity contribution in [1.29, 1.82) is 0 Å². The molecule has 7 heteroatoms. The lowest BCUT2D eigenvalue weighted by Gasteiger charge is -2.04. The first-order valence-corrected chi connectivity index (χ1v) is 6.62. The summed E-state index contributed by atoms with van der Waals surface area (Å²) in [6.45, 7) is 0. The number of aromatic carboxylic acids is 1. The highest BCUT2D eigenvalue weighted by atomic mass is 35.5. The Morgan fingerprint density at radius 1 is 1.15 bits per heavy atom. The molecule has 0 saturated heterocycles. The summed E-state index contributed by atoms with van der Waals surface area (Å²) in [5, 5.41) is 20.4. The van der Waals surface area contributed by atoms with Crippen LogP contribution in [0.15, 0.2) is 52.3 Å². The van der Waals surface area contributed by atoms with Crippen molar-refractivity contribution in [2.24, 2.45) is 0 Å². The molecule has 0 aliphatic carbocycles. The number of benzene rings is 2. The maximum absolute atomic E-state index is 11.0. The van der Waals surface area contributed by atoms with Crippen LogP contribution < -0.4 is 0 Å². The van der Waals surface area contributed by atoms with Gasteiger partial charge in [0.15, 0.2) is 0 Å². The predicted molar refractivity (Wildman–Crippen MR) is 75.6 cm³/mol. The molecule has 0 saturated carbocycles. The van der Waals surface area contributed by atoms with Crippen LogP contribution in [0.3, 0.4) is 0 Å². The van der Waals surface area contributed by atoms with Crippen LogP contribution in [0.5, 0.6) is 0 Å². The molecule has 2 rings (SSSR count). The van der Waals surface area contributed by atoms with Gasteiger partial charge >= 0.3 is 5.97 Å². The molecular formula is C13H8ClNO4S. The van der Waals surface area contributed by atoms with Gasteiger partial charge in [-0.25, -0.2) is 4.79 Å². The predicted octanol–water partition coefficient (Wildman–Crippen LogP) is 4.10. The zero-order chi connectivity index (χ0) is 14.7. The Kier molecular flexibility index (Phi) is 4.26. The lowest BCUT2D eigenvalue weighted by molar-refractivity contribution is -0.385. The summed E-state index contributed by atoms with van der Waals surface area (Å²) in [5.74, 6) is -1.32. The number of carbonyl (C=O) groups is 1. The normalized spacial score (nSPS) is 10.2. The highest BCUT2D eigenvalue weighted by Gasteiger charge is 2.20. The standard InChI is InChI=1S/C13H8ClNO4S/c14-8-1-3-9(4-2-8)20-10-5-6-12(15(18)19)11(7-10)13(16)17/h1-7H,(H,16,17). The van der Waals surface area contributed by atoms with Crippen LogP contribution in [-0.2, 0) is 0 Å². The molecule has 0 spiro atoms. The first kappa shape index (κ1) is 14.4. The van der Waals surface area contributed by atoms with Gasteiger partial charge in [0.05, 0.1) is 4.92 Å². The van der Waals surface area contributed by atoms with E-state index in [-0.39, 0.29) is 5.56 Å². The number of hydrogen-bond acceptors (Lipinski definition) is 4. The fourth-order valence-electron chi connectivity index (χ4n) is 1.55. The second-order valence-corrected chi connectivity index (χ2v) is 5.38. The number of carboxylic acid groups (broad SMARTS) is 1. The van der Waals surface area contributed by atoms with Crippen molar-refractivity contribution >= 4 is 35.0 Å². The molecule has 0 fully saturated rings. The van der Waals surface area contributed by atoms with Crippen LogP contribution >= 0.6 is 23.4 Å². The smallest absolute Gasteiger partial charge is 0.342 e. The maximum atomic E-state index is 11.0. The minimum absolute atomic E-state index is 0.325. The van der Waals surface area contributed by atoms with E-state index in [1.807, 2.05) is 0 Å². The highest BCUT2D eigenvalue weighted by molar-refractivity contribution is 7.99. The molecule has 2 aromatic carbocycles. The Labute approximate surface area is 123 Å². The van der Waals surface area contributed by atoms with E-state index in [1.54, 1.807) is 24.3 Å². The number of nitro groups is 1. The zero-order valence-corrected chi connectivity index (χ0v) is 11.5. The number of hydrogen-bond donors (Lipinski definition) is 1. The van der Waals surface area contributed by atoms with E-state index in [4.69, 9.17) is 16.7 Å². The van der Waals surface area contributed by atoms with Gasteiger partial charge in [-0.2, -0.15) is 0 Å². The van der Waals surface area contributed by atoms with Crippen molar-refractivity contribution < 1.29 is 14.8 Å². The van der Waals surface area contributed by atoms with Gasteiger partial charge in [-0.05, 0) is 36.4 Å². The summed E-state index contributed by atoms with van der Waals surface area (Å²) in [6.07, 6.45) is 0. The molecule has 0 aliphatic heterocycles. The van der Waals surface area contributed by atoms with E-state index >= 15 is 0 Å². The first-order valence-electron chi connectivity index (χ1n) is 5.42. The number of rotatable bonds is 4. The second-order valence-electron chi connectivity index (χ2n) is 3.80. The molecular weight excluding hydrogens is 302 g/mol. The summed E-state index contributed by atoms with van der Waals surface area (Å²) in [5.41, 5.74) is -0.744. The number of nitrogens with zero attached hydrogens (tertiary/aromatic N) is 1. The van der Waals surface area contributed by atoms with E-state index in [9.17, 15) is 14.9 Å². The van der Waals surface area contributed by atoms with E-state index in [0.29, 0.717) is 9.92 Å². The molecule has 20 heavy (non-hydrogen) atoms. The summed E-state index contributed by atoms with van der Waals surface area (Å²) in [7, 11) is 0. The summed E-state index contributed by atoms with van der Waals surface area (Å²) in [6, 6.07) is 11.0. The average molecular weight is 310 g/mol. The molecule has 0 radical (unpaired) electrons. The minimum atomic E-state index is -1.32. The topological polar surface area (TPSA) is 80.4 Å². The van der Waals surface area contributed by atoms with Crippen LogP contribution in [-0.4, -0.2) is 16.0 Å². The monoisotopic (exact) mass is 309 g/mol. The third-order valence-electron chi connectivity index (χ3n) is 2.44. The SMILES string of the molecule is O=C(O)c1cc(Sc2ccc(Cl)cc2)ccc1[N+](=O)[O-]. The van der Waals surface area contributed by atoms with Gasteiger partial charge in [-0.3, -0.25) is 10.1 Å². The lowest BCUT2D eigenvalue weighted by Crippen LogP contribution is -2.02. The van der Waals surface area contributed by atoms with Gasteiger partial charge in [0, 0.05) is 20.9 Å². The van der Waals surface area contributed by atoms with Gasteiger partial charge in [0.2, 0.25) is 0 Å². The molecule has 102 valence electrons. The molecule has 0 heterocycles. The molecule has 0 bridgehead atoms. The Balaban J connectivity index is 2.34. The van der Waals surface area contributed by atoms with Crippen LogP contribution in [0.4, 0.5) is 5.69 Å². The van der Waals surface area contributed by atoms with Crippen molar-refractivity contribution in [3.63, 3.8) is 0 Å². The Morgan fingerprint density at radius 2 is 1.75 bits per heavy atom. The van der Waals surface area contributed by atoms with Gasteiger partial charge in [0.25, 0.3) is 5.69 Å². The molecule has 5 nitrogen and oxygen atoms in total. The molecule has 0 unspecified atom stereocenters. The van der Waals surface area contributed by atoms with Gasteiger partial charge in [-0.1, -0.05) is 23.4 Å². The van der Waals surface area contributed by atoms with E-state index in [2.05, 4.69) is 0 Å². The average Bonchev–Trinajstić information content (AvgIpc) is 2.41. The quantitative estimate of drug-likeness (QED) is 0.679. The number of nitro benzene ring substituents is 1. The maximum Gasteiger partial charge on any atom is 0.342 e. The van der Waals surface area contributed by atoms with Crippen LogP contribution in [0.1, 0.15) is 10.4 Å². The lowest BCUT2D eigenvalue weighted by atomic mass is 10.2. The molecule has 1 N–H and O–H groups in total. The fourth-order valence-corrected chi connectivity index (χ4v) is 2.53. The van der Waals surface area contributed by atoms with E-state index in [0.717, 1.165) is 4.90 Å². The fraction of sp³-hybridized carbons (Fsp3) is 0. The zero-order valence-electron chi connectivity index (χ0n) is 9.95. The molecule has 0 atom stereocenters. The van der Waals surface area contributed by atoms with Crippen molar-refractivity contribution in [3.8, 4) is 0 Å². The van der Waals surface area contributed by atoms with Crippen molar-refractivity contribution in [1.82, 2.24) is 0 Å². The third kappa shape index (κ3) is 3.28. The highest BCUT2D eigenvalue weighted by Crippen LogP contribution is 2.31. The first-order chi connectivity index (χ1) is 9.47. The minimum Gasteiger partial charge on any atom is -0.477 e. The summed E-state index contributed by atoms with van der Waals surface area (Å²) in [4.78, 5) is 22.6. The Hall–Kier alpha value is -2.05. The number of halogens is 1. The number of carboxylic acids is 1. The second kappa shape index (κ2) is 5.94. The molecule has 0 amide bonds. The van der Waals surface area contributed by atoms with E-state index < -0.39 is 16.6 Å². The van der Waals surface area contributed by atoms with Crippen LogP contribution in [0.2, 0.25) is 5.02 Å². The van der Waals surface area contributed by atoms with Crippen molar-refractivity contribution in [2.45, 2.75) is 9.79 Å². The molecule has 2 aromatic rings. The third-order valence-corrected chi connectivity index (χ3v) is 3.69. The van der Waals surface area contributed by atoms with E-state index in [1.165, 1.54) is 30.0 Å². The van der Waals surface area contributed by atoms with Crippen LogP contribution in [0.25, 0.3) is 0 Å². The molecule has 0 aliphatic rings. The van der Waals surface area contributed by atoms with Gasteiger partial charge in [-0.15, -0.1) is 0 Å². The van der Waals surface area contributed by atoms with Crippen LogP contribution in [0, 0.1) is 10.1 Å². The Morgan fingerprint density at radius 3 is 2.30 bits per heavy atom. The Bertz CT molecular complexity index is 673. The van der Waals surface area contributed by atoms with Crippen molar-refractivity contribution in [2.75, 3.05) is 0 Å². The summed E-state index contributed by atoms with van der Waals surface area (Å²) >= 11 is 7.08. The summed E-state index contributed by atoms with van der Waals surface area (Å²) < 4.78 is 0.